The van der Waals surface area contributed by atoms with E-state index in [1.807, 2.05) is 25.1 Å². The highest BCUT2D eigenvalue weighted by Crippen LogP contribution is 2.24. The first-order valence-corrected chi connectivity index (χ1v) is 7.52. The highest BCUT2D eigenvalue weighted by Gasteiger charge is 2.25. The molecule has 1 N–H and O–H groups in total. The largest absolute Gasteiger partial charge is 0.348 e. The van der Waals surface area contributed by atoms with Crippen molar-refractivity contribution in [2.45, 2.75) is 44.0 Å². The van der Waals surface area contributed by atoms with Crippen LogP contribution in [0, 0.1) is 6.92 Å². The quantitative estimate of drug-likeness (QED) is 0.815. The summed E-state index contributed by atoms with van der Waals surface area (Å²) in [6.07, 6.45) is 4.28. The van der Waals surface area contributed by atoms with E-state index in [4.69, 9.17) is 11.6 Å². The fourth-order valence-electron chi connectivity index (χ4n) is 2.35. The first-order chi connectivity index (χ1) is 8.59. The minimum Gasteiger partial charge on any atom is -0.348 e. The molecule has 0 bridgehead atoms. The molecule has 0 spiro atoms. The Morgan fingerprint density at radius 1 is 1.39 bits per heavy atom. The molecule has 0 heterocycles. The molecule has 1 aliphatic rings. The van der Waals surface area contributed by atoms with E-state index in [2.05, 4.69) is 21.2 Å². The van der Waals surface area contributed by atoms with Crippen molar-refractivity contribution in [1.29, 1.82) is 0 Å². The van der Waals surface area contributed by atoms with Crippen molar-refractivity contribution in [1.82, 2.24) is 5.32 Å². The Labute approximate surface area is 121 Å². The third-order valence-corrected chi connectivity index (χ3v) is 4.89. The molecule has 0 aliphatic heterocycles. The van der Waals surface area contributed by atoms with E-state index >= 15 is 0 Å². The number of hydrogen-bond donors (Lipinski definition) is 1. The SMILES string of the molecule is Cc1c(Br)cccc1C(=O)NC1CCCCC1Cl. The maximum atomic E-state index is 12.2. The van der Waals surface area contributed by atoms with Crippen molar-refractivity contribution in [2.75, 3.05) is 0 Å². The summed E-state index contributed by atoms with van der Waals surface area (Å²) >= 11 is 9.71. The average Bonchev–Trinajstić information content (AvgIpc) is 2.35. The normalized spacial score (nSPS) is 23.7. The van der Waals surface area contributed by atoms with Crippen LogP contribution in [0.2, 0.25) is 0 Å². The Balaban J connectivity index is 2.09. The van der Waals surface area contributed by atoms with Crippen LogP contribution in [-0.2, 0) is 0 Å². The van der Waals surface area contributed by atoms with Crippen LogP contribution in [0.1, 0.15) is 41.6 Å². The van der Waals surface area contributed by atoms with Gasteiger partial charge in [0.05, 0.1) is 5.38 Å². The van der Waals surface area contributed by atoms with E-state index in [1.54, 1.807) is 0 Å². The Morgan fingerprint density at radius 2 is 2.11 bits per heavy atom. The fraction of sp³-hybridized carbons (Fsp3) is 0.500. The summed E-state index contributed by atoms with van der Waals surface area (Å²) < 4.78 is 0.959. The highest BCUT2D eigenvalue weighted by molar-refractivity contribution is 9.10. The van der Waals surface area contributed by atoms with Gasteiger partial charge < -0.3 is 5.32 Å². The molecule has 18 heavy (non-hydrogen) atoms. The summed E-state index contributed by atoms with van der Waals surface area (Å²) in [7, 11) is 0. The van der Waals surface area contributed by atoms with Crippen LogP contribution in [-0.4, -0.2) is 17.3 Å². The Kier molecular flexibility index (Phi) is 4.68. The van der Waals surface area contributed by atoms with Gasteiger partial charge in [-0.05, 0) is 37.5 Å². The van der Waals surface area contributed by atoms with E-state index in [9.17, 15) is 4.79 Å². The Bertz CT molecular complexity index is 449. The number of carbonyl (C=O) groups excluding carboxylic acids is 1. The van der Waals surface area contributed by atoms with Gasteiger partial charge in [-0.25, -0.2) is 0 Å². The van der Waals surface area contributed by atoms with Crippen LogP contribution >= 0.6 is 27.5 Å². The second-order valence-electron chi connectivity index (χ2n) is 4.79. The number of halogens is 2. The van der Waals surface area contributed by atoms with Gasteiger partial charge in [0.2, 0.25) is 0 Å². The molecule has 1 aliphatic carbocycles. The van der Waals surface area contributed by atoms with Crippen molar-refractivity contribution in [2.24, 2.45) is 0 Å². The predicted molar refractivity (Wildman–Crippen MR) is 78.2 cm³/mol. The van der Waals surface area contributed by atoms with Crippen molar-refractivity contribution >= 4 is 33.4 Å². The van der Waals surface area contributed by atoms with E-state index in [-0.39, 0.29) is 17.3 Å². The summed E-state index contributed by atoms with van der Waals surface area (Å²) in [6, 6.07) is 5.77. The standard InChI is InChI=1S/C14H17BrClNO/c1-9-10(5-4-6-11(9)15)14(18)17-13-8-3-2-7-12(13)16/h4-6,12-13H,2-3,7-8H2,1H3,(H,17,18). The van der Waals surface area contributed by atoms with Crippen LogP contribution in [0.15, 0.2) is 22.7 Å². The number of rotatable bonds is 2. The first-order valence-electron chi connectivity index (χ1n) is 6.29. The molecule has 1 aromatic rings. The zero-order valence-corrected chi connectivity index (χ0v) is 12.7. The van der Waals surface area contributed by atoms with Gasteiger partial charge in [0.1, 0.15) is 0 Å². The number of amides is 1. The predicted octanol–water partition coefficient (Wildman–Crippen LogP) is 4.04. The lowest BCUT2D eigenvalue weighted by Gasteiger charge is -2.28. The number of benzene rings is 1. The second kappa shape index (κ2) is 6.07. The van der Waals surface area contributed by atoms with Crippen molar-refractivity contribution < 1.29 is 4.79 Å². The molecule has 2 rings (SSSR count). The number of nitrogens with one attached hydrogen (secondary N) is 1. The molecule has 0 radical (unpaired) electrons. The van der Waals surface area contributed by atoms with E-state index in [1.165, 1.54) is 0 Å². The summed E-state index contributed by atoms with van der Waals surface area (Å²) in [5.41, 5.74) is 1.69. The van der Waals surface area contributed by atoms with Gasteiger partial charge in [0.15, 0.2) is 0 Å². The molecule has 98 valence electrons. The second-order valence-corrected chi connectivity index (χ2v) is 6.21. The van der Waals surface area contributed by atoms with Crippen molar-refractivity contribution in [3.05, 3.63) is 33.8 Å². The van der Waals surface area contributed by atoms with E-state index in [0.29, 0.717) is 0 Å². The van der Waals surface area contributed by atoms with Gasteiger partial charge in [-0.2, -0.15) is 0 Å². The summed E-state index contributed by atoms with van der Waals surface area (Å²) in [5.74, 6) is -0.0219. The number of hydrogen-bond acceptors (Lipinski definition) is 1. The molecule has 1 aromatic carbocycles. The van der Waals surface area contributed by atoms with E-state index < -0.39 is 0 Å². The van der Waals surface area contributed by atoms with Crippen molar-refractivity contribution in [3.8, 4) is 0 Å². The summed E-state index contributed by atoms with van der Waals surface area (Å²) in [5, 5.41) is 3.13. The third-order valence-electron chi connectivity index (χ3n) is 3.51. The molecule has 0 aromatic heterocycles. The van der Waals surface area contributed by atoms with Gasteiger partial charge in [-0.3, -0.25) is 4.79 Å². The maximum absolute atomic E-state index is 12.2. The first kappa shape index (κ1) is 13.9. The van der Waals surface area contributed by atoms with Crippen LogP contribution in [0.5, 0.6) is 0 Å². The van der Waals surface area contributed by atoms with Crippen LogP contribution in [0.4, 0.5) is 0 Å². The highest BCUT2D eigenvalue weighted by atomic mass is 79.9. The minimum absolute atomic E-state index is 0.0219. The Hall–Kier alpha value is -0.540. The molecule has 0 saturated heterocycles. The van der Waals surface area contributed by atoms with Gasteiger partial charge >= 0.3 is 0 Å². The molecule has 1 fully saturated rings. The summed E-state index contributed by atoms with van der Waals surface area (Å²) in [6.45, 7) is 1.94. The molecule has 4 heteroatoms. The monoisotopic (exact) mass is 329 g/mol. The van der Waals surface area contributed by atoms with Crippen LogP contribution < -0.4 is 5.32 Å². The fourth-order valence-corrected chi connectivity index (χ4v) is 3.06. The van der Waals surface area contributed by atoms with E-state index in [0.717, 1.165) is 41.3 Å². The van der Waals surface area contributed by atoms with Gasteiger partial charge in [0, 0.05) is 16.1 Å². The zero-order valence-electron chi connectivity index (χ0n) is 10.4. The topological polar surface area (TPSA) is 29.1 Å². The molecular formula is C14H17BrClNO. The molecule has 2 nitrogen and oxygen atoms in total. The lowest BCUT2D eigenvalue weighted by atomic mass is 9.94. The third kappa shape index (κ3) is 3.07. The zero-order chi connectivity index (χ0) is 13.1. The molecule has 1 saturated carbocycles. The lowest BCUT2D eigenvalue weighted by molar-refractivity contribution is 0.0928. The van der Waals surface area contributed by atoms with Gasteiger partial charge in [0.25, 0.3) is 5.91 Å². The van der Waals surface area contributed by atoms with Gasteiger partial charge in [-0.15, -0.1) is 11.6 Å². The lowest BCUT2D eigenvalue weighted by Crippen LogP contribution is -2.43. The van der Waals surface area contributed by atoms with Crippen molar-refractivity contribution in [3.63, 3.8) is 0 Å². The average molecular weight is 331 g/mol. The van der Waals surface area contributed by atoms with Crippen LogP contribution in [0.25, 0.3) is 0 Å². The smallest absolute Gasteiger partial charge is 0.251 e. The molecule has 1 amide bonds. The Morgan fingerprint density at radius 3 is 2.83 bits per heavy atom. The van der Waals surface area contributed by atoms with Gasteiger partial charge in [-0.1, -0.05) is 34.8 Å². The molecule has 2 unspecified atom stereocenters. The molecular weight excluding hydrogens is 314 g/mol. The van der Waals surface area contributed by atoms with Crippen LogP contribution in [0.3, 0.4) is 0 Å². The maximum Gasteiger partial charge on any atom is 0.251 e. The summed E-state index contributed by atoms with van der Waals surface area (Å²) in [4.78, 5) is 12.2. The number of carbonyl (C=O) groups is 1. The number of alkyl halides is 1. The molecule has 2 atom stereocenters. The minimum atomic E-state index is -0.0219.